The van der Waals surface area contributed by atoms with Crippen LogP contribution in [-0.4, -0.2) is 19.0 Å². The second kappa shape index (κ2) is 6.74. The van der Waals surface area contributed by atoms with Crippen molar-refractivity contribution < 1.29 is 19.4 Å². The van der Waals surface area contributed by atoms with Gasteiger partial charge in [0.2, 0.25) is 0 Å². The van der Waals surface area contributed by atoms with Crippen LogP contribution in [0.2, 0.25) is 5.02 Å². The van der Waals surface area contributed by atoms with Crippen molar-refractivity contribution in [2.45, 2.75) is 18.4 Å². The van der Waals surface area contributed by atoms with E-state index in [9.17, 15) is 14.7 Å². The number of halogens is 1. The van der Waals surface area contributed by atoms with Crippen LogP contribution >= 0.6 is 11.6 Å². The number of nitrogens with one attached hydrogen (secondary N) is 1. The van der Waals surface area contributed by atoms with Crippen molar-refractivity contribution in [1.82, 2.24) is 0 Å². The van der Waals surface area contributed by atoms with E-state index in [2.05, 4.69) is 17.5 Å². The molecule has 2 aliphatic rings. The Labute approximate surface area is 161 Å². The quantitative estimate of drug-likeness (QED) is 0.650. The third-order valence-electron chi connectivity index (χ3n) is 5.38. The number of hydrogen-bond acceptors (Lipinski definition) is 5. The summed E-state index contributed by atoms with van der Waals surface area (Å²) in [5.74, 6) is -1.37. The summed E-state index contributed by atoms with van der Waals surface area (Å²) in [6.45, 7) is 0. The molecule has 1 heterocycles. The third-order valence-corrected chi connectivity index (χ3v) is 5.69. The molecule has 27 heavy (non-hydrogen) atoms. The number of carbonyl (C=O) groups excluding carboxylic acids is 2. The average Bonchev–Trinajstić information content (AvgIpc) is 3.17. The first-order chi connectivity index (χ1) is 13.0. The predicted molar refractivity (Wildman–Crippen MR) is 99.9 cm³/mol. The summed E-state index contributed by atoms with van der Waals surface area (Å²) in [4.78, 5) is 23.3. The fraction of sp³-hybridized carbons (Fsp3) is 0.238. The number of rotatable bonds is 3. The number of carboxylic acid groups (broad SMARTS) is 1. The van der Waals surface area contributed by atoms with Crippen LogP contribution in [0.15, 0.2) is 48.6 Å². The Morgan fingerprint density at radius 3 is 2.59 bits per heavy atom. The van der Waals surface area contributed by atoms with Crippen molar-refractivity contribution >= 4 is 29.2 Å². The van der Waals surface area contributed by atoms with Crippen LogP contribution in [0.5, 0.6) is 0 Å². The first kappa shape index (κ1) is 17.6. The lowest BCUT2D eigenvalue weighted by atomic mass is 9.75. The Bertz CT molecular complexity index is 951. The number of aromatic carboxylic acids is 1. The average molecular weight is 383 g/mol. The number of anilines is 1. The molecule has 0 amide bonds. The number of esters is 1. The van der Waals surface area contributed by atoms with Crippen molar-refractivity contribution in [2.24, 2.45) is 5.92 Å². The summed E-state index contributed by atoms with van der Waals surface area (Å²) in [7, 11) is 1.36. The van der Waals surface area contributed by atoms with Crippen LogP contribution in [0.4, 0.5) is 5.69 Å². The van der Waals surface area contributed by atoms with Gasteiger partial charge in [0.25, 0.3) is 0 Å². The van der Waals surface area contributed by atoms with Gasteiger partial charge in [0, 0.05) is 5.92 Å². The van der Waals surface area contributed by atoms with Gasteiger partial charge in [-0.25, -0.2) is 4.79 Å². The first-order valence-corrected chi connectivity index (χ1v) is 9.04. The minimum Gasteiger partial charge on any atom is -0.545 e. The van der Waals surface area contributed by atoms with Crippen LogP contribution in [0, 0.1) is 5.92 Å². The van der Waals surface area contributed by atoms with Crippen molar-refractivity contribution in [3.8, 4) is 0 Å². The van der Waals surface area contributed by atoms with Gasteiger partial charge < -0.3 is 20.0 Å². The summed E-state index contributed by atoms with van der Waals surface area (Å²) in [6, 6.07) is 10.0. The number of ether oxygens (including phenoxy) is 1. The molecule has 5 nitrogen and oxygen atoms in total. The number of fused-ring (bicyclic) bond motifs is 3. The van der Waals surface area contributed by atoms with E-state index in [4.69, 9.17) is 16.3 Å². The van der Waals surface area contributed by atoms with Crippen molar-refractivity contribution in [3.63, 3.8) is 0 Å². The molecule has 1 aliphatic carbocycles. The van der Waals surface area contributed by atoms with Gasteiger partial charge in [0.05, 0.1) is 35.4 Å². The first-order valence-electron chi connectivity index (χ1n) is 8.66. The Kier molecular flexibility index (Phi) is 4.40. The normalized spacial score (nSPS) is 22.5. The summed E-state index contributed by atoms with van der Waals surface area (Å²) < 4.78 is 4.94. The lowest BCUT2D eigenvalue weighted by Gasteiger charge is -2.38. The van der Waals surface area contributed by atoms with Crippen molar-refractivity contribution in [1.29, 1.82) is 0 Å². The maximum Gasteiger partial charge on any atom is 0.338 e. The topological polar surface area (TPSA) is 78.5 Å². The number of hydrogen-bond donors (Lipinski definition) is 1. The van der Waals surface area contributed by atoms with E-state index in [1.807, 2.05) is 0 Å². The fourth-order valence-electron chi connectivity index (χ4n) is 4.12. The zero-order valence-corrected chi connectivity index (χ0v) is 15.3. The minimum absolute atomic E-state index is 0.0277. The zero-order chi connectivity index (χ0) is 19.1. The molecule has 2 aromatic carbocycles. The van der Waals surface area contributed by atoms with Gasteiger partial charge in [-0.2, -0.15) is 0 Å². The Hall–Kier alpha value is -2.79. The molecule has 138 valence electrons. The summed E-state index contributed by atoms with van der Waals surface area (Å²) in [5, 5.41) is 15.0. The lowest BCUT2D eigenvalue weighted by molar-refractivity contribution is -0.255. The molecule has 1 N–H and O–H groups in total. The molecule has 0 saturated carbocycles. The molecule has 0 spiro atoms. The van der Waals surface area contributed by atoms with Gasteiger partial charge in [0.15, 0.2) is 0 Å². The van der Waals surface area contributed by atoms with Crippen LogP contribution in [0.1, 0.15) is 50.2 Å². The second-order valence-corrected chi connectivity index (χ2v) is 7.17. The second-order valence-electron chi connectivity index (χ2n) is 6.76. The largest absolute Gasteiger partial charge is 0.545 e. The molecular formula is C21H17ClNO4-. The number of carbonyl (C=O) groups is 2. The summed E-state index contributed by atoms with van der Waals surface area (Å²) >= 11 is 6.45. The van der Waals surface area contributed by atoms with Gasteiger partial charge in [-0.05, 0) is 41.2 Å². The highest BCUT2D eigenvalue weighted by molar-refractivity contribution is 6.33. The zero-order valence-electron chi connectivity index (χ0n) is 14.6. The molecule has 1 aliphatic heterocycles. The van der Waals surface area contributed by atoms with E-state index in [1.54, 1.807) is 36.4 Å². The maximum atomic E-state index is 12.3. The number of carboxylic acids is 1. The Morgan fingerprint density at radius 2 is 1.93 bits per heavy atom. The molecule has 0 unspecified atom stereocenters. The fourth-order valence-corrected chi connectivity index (χ4v) is 4.34. The molecule has 3 atom stereocenters. The summed E-state index contributed by atoms with van der Waals surface area (Å²) in [6.07, 6.45) is 5.06. The highest BCUT2D eigenvalue weighted by Crippen LogP contribution is 2.52. The van der Waals surface area contributed by atoms with E-state index in [1.165, 1.54) is 7.11 Å². The lowest BCUT2D eigenvalue weighted by Crippen LogP contribution is -2.31. The number of benzene rings is 2. The molecule has 0 bridgehead atoms. The molecule has 0 aromatic heterocycles. The van der Waals surface area contributed by atoms with Gasteiger partial charge >= 0.3 is 5.97 Å². The molecule has 0 fully saturated rings. The highest BCUT2D eigenvalue weighted by Gasteiger charge is 2.40. The predicted octanol–water partition coefficient (Wildman–Crippen LogP) is 3.32. The van der Waals surface area contributed by atoms with E-state index in [0.29, 0.717) is 10.6 Å². The Morgan fingerprint density at radius 1 is 1.19 bits per heavy atom. The van der Waals surface area contributed by atoms with Crippen LogP contribution in [0.25, 0.3) is 0 Å². The molecule has 6 heteroatoms. The Balaban J connectivity index is 1.80. The standard InChI is InChI=1S/C21H18ClNO4/c1-27-21(26)15-9-10-16(22)19-17(15)13-3-2-4-14(13)18(23-19)11-5-7-12(8-6-11)20(24)25/h2-3,5-10,13-14,18,23H,4H2,1H3,(H,24,25)/p-1/t13-,14-,18-/m0/s1. The van der Waals surface area contributed by atoms with Crippen LogP contribution < -0.4 is 10.4 Å². The SMILES string of the molecule is COC(=O)c1ccc(Cl)c2c1[C@H]1C=CC[C@@H]1[C@H](c1ccc(C(=O)[O-])cc1)N2. The monoisotopic (exact) mass is 382 g/mol. The molecule has 4 rings (SSSR count). The molecule has 2 aromatic rings. The maximum absolute atomic E-state index is 12.3. The van der Waals surface area contributed by atoms with Gasteiger partial charge in [0.1, 0.15) is 0 Å². The van der Waals surface area contributed by atoms with E-state index in [-0.39, 0.29) is 29.4 Å². The van der Waals surface area contributed by atoms with Crippen LogP contribution in [0.3, 0.4) is 0 Å². The van der Waals surface area contributed by atoms with E-state index in [0.717, 1.165) is 23.2 Å². The van der Waals surface area contributed by atoms with Crippen molar-refractivity contribution in [3.05, 3.63) is 75.8 Å². The van der Waals surface area contributed by atoms with Crippen molar-refractivity contribution in [2.75, 3.05) is 12.4 Å². The van der Waals surface area contributed by atoms with Gasteiger partial charge in [-0.1, -0.05) is 48.0 Å². The number of methoxy groups -OCH3 is 1. The van der Waals surface area contributed by atoms with E-state index >= 15 is 0 Å². The highest BCUT2D eigenvalue weighted by atomic mass is 35.5. The minimum atomic E-state index is -1.20. The molecule has 0 radical (unpaired) electrons. The van der Waals surface area contributed by atoms with Gasteiger partial charge in [-0.3, -0.25) is 0 Å². The number of allylic oxidation sites excluding steroid dienone is 2. The molecular weight excluding hydrogens is 366 g/mol. The molecule has 0 saturated heterocycles. The summed E-state index contributed by atoms with van der Waals surface area (Å²) in [5.41, 5.74) is 3.19. The smallest absolute Gasteiger partial charge is 0.338 e. The third kappa shape index (κ3) is 2.88. The van der Waals surface area contributed by atoms with E-state index < -0.39 is 5.97 Å². The van der Waals surface area contributed by atoms with Crippen LogP contribution in [-0.2, 0) is 4.74 Å². The van der Waals surface area contributed by atoms with Gasteiger partial charge in [-0.15, -0.1) is 0 Å².